The molecule has 1 saturated heterocycles. The van der Waals surface area contributed by atoms with Crippen LogP contribution in [0.15, 0.2) is 29.2 Å². The van der Waals surface area contributed by atoms with Crippen molar-refractivity contribution in [2.24, 2.45) is 11.8 Å². The summed E-state index contributed by atoms with van der Waals surface area (Å²) < 4.78 is 73.4. The van der Waals surface area contributed by atoms with Gasteiger partial charge in [-0.3, -0.25) is 4.79 Å². The predicted molar refractivity (Wildman–Crippen MR) is 140 cm³/mol. The first-order valence-electron chi connectivity index (χ1n) is 13.5. The summed E-state index contributed by atoms with van der Waals surface area (Å²) in [5.41, 5.74) is -1.67. The first-order valence-corrected chi connectivity index (χ1v) is 14.9. The molecular formula is C27H40F3N3O5S. The number of carbonyl (C=O) groups is 2. The molecule has 39 heavy (non-hydrogen) atoms. The number of alkyl halides is 3. The van der Waals surface area contributed by atoms with Gasteiger partial charge in [-0.25, -0.2) is 13.2 Å². The molecule has 2 fully saturated rings. The summed E-state index contributed by atoms with van der Waals surface area (Å²) in [6.07, 6.45) is -2.43. The quantitative estimate of drug-likeness (QED) is 0.445. The highest BCUT2D eigenvalue weighted by atomic mass is 32.2. The predicted octanol–water partition coefficient (Wildman–Crippen LogP) is 5.04. The highest BCUT2D eigenvalue weighted by Crippen LogP contribution is 2.38. The van der Waals surface area contributed by atoms with Crippen LogP contribution >= 0.6 is 0 Å². The van der Waals surface area contributed by atoms with Crippen LogP contribution in [0.25, 0.3) is 0 Å². The molecule has 1 heterocycles. The summed E-state index contributed by atoms with van der Waals surface area (Å²) in [5, 5.41) is 2.70. The van der Waals surface area contributed by atoms with Gasteiger partial charge in [0.05, 0.1) is 16.4 Å². The maximum atomic E-state index is 13.5. The lowest BCUT2D eigenvalue weighted by Crippen LogP contribution is -2.52. The number of nitrogens with one attached hydrogen (secondary N) is 1. The highest BCUT2D eigenvalue weighted by molar-refractivity contribution is 7.89. The average molecular weight is 576 g/mol. The largest absolute Gasteiger partial charge is 0.444 e. The number of hydrogen-bond donors (Lipinski definition) is 1. The molecule has 12 heteroatoms. The van der Waals surface area contributed by atoms with Crippen LogP contribution in [0.5, 0.6) is 0 Å². The van der Waals surface area contributed by atoms with Gasteiger partial charge in [-0.05, 0) is 70.6 Å². The Bertz CT molecular complexity index is 1120. The van der Waals surface area contributed by atoms with E-state index in [1.165, 1.54) is 10.4 Å². The molecule has 2 aliphatic rings. The Morgan fingerprint density at radius 1 is 1.10 bits per heavy atom. The molecule has 1 aromatic carbocycles. The van der Waals surface area contributed by atoms with Crippen molar-refractivity contribution in [3.8, 4) is 0 Å². The number of amides is 2. The molecule has 2 atom stereocenters. The number of rotatable bonds is 9. The number of carbonyl (C=O) groups excluding carboxylic acids is 2. The van der Waals surface area contributed by atoms with Gasteiger partial charge in [0.25, 0.3) is 0 Å². The van der Waals surface area contributed by atoms with Gasteiger partial charge in [-0.1, -0.05) is 26.3 Å². The molecule has 1 aliphatic heterocycles. The van der Waals surface area contributed by atoms with Crippen LogP contribution in [-0.2, 0) is 25.7 Å². The van der Waals surface area contributed by atoms with Gasteiger partial charge >= 0.3 is 12.3 Å². The fourth-order valence-corrected chi connectivity index (χ4v) is 6.85. The van der Waals surface area contributed by atoms with E-state index in [-0.39, 0.29) is 29.3 Å². The van der Waals surface area contributed by atoms with E-state index in [4.69, 9.17) is 4.74 Å². The van der Waals surface area contributed by atoms with Crippen molar-refractivity contribution in [2.75, 3.05) is 19.6 Å². The van der Waals surface area contributed by atoms with Crippen molar-refractivity contribution in [3.05, 3.63) is 29.8 Å². The van der Waals surface area contributed by atoms with Gasteiger partial charge < -0.3 is 15.0 Å². The SMILES string of the molecule is CCC(C)C(CNC(=O)OC(C)(C)C)C(=O)N1CCC(N(C2CC2)S(=O)(=O)c2cccc(C(F)(F)F)c2)CC1. The average Bonchev–Trinajstić information content (AvgIpc) is 3.67. The van der Waals surface area contributed by atoms with Crippen molar-refractivity contribution in [1.29, 1.82) is 0 Å². The Kier molecular flexibility index (Phi) is 9.63. The minimum absolute atomic E-state index is 0.00518. The molecule has 0 spiro atoms. The molecule has 220 valence electrons. The molecule has 1 saturated carbocycles. The van der Waals surface area contributed by atoms with Crippen molar-refractivity contribution >= 4 is 22.0 Å². The van der Waals surface area contributed by atoms with E-state index in [1.54, 1.807) is 25.7 Å². The number of likely N-dealkylation sites (tertiary alicyclic amines) is 1. The van der Waals surface area contributed by atoms with Gasteiger partial charge in [-0.15, -0.1) is 0 Å². The number of nitrogens with zero attached hydrogens (tertiary/aromatic N) is 2. The van der Waals surface area contributed by atoms with Crippen LogP contribution in [0.1, 0.15) is 72.3 Å². The van der Waals surface area contributed by atoms with Crippen LogP contribution in [0.3, 0.4) is 0 Å². The van der Waals surface area contributed by atoms with Gasteiger partial charge in [0, 0.05) is 31.7 Å². The Morgan fingerprint density at radius 3 is 2.21 bits per heavy atom. The number of halogens is 3. The zero-order chi connectivity index (χ0) is 29.2. The van der Waals surface area contributed by atoms with Crippen LogP contribution < -0.4 is 5.32 Å². The van der Waals surface area contributed by atoms with Crippen LogP contribution in [-0.4, -0.2) is 66.9 Å². The van der Waals surface area contributed by atoms with Gasteiger partial charge in [-0.2, -0.15) is 17.5 Å². The number of sulfonamides is 1. The fourth-order valence-electron chi connectivity index (χ4n) is 4.87. The smallest absolute Gasteiger partial charge is 0.416 e. The second-order valence-electron chi connectivity index (χ2n) is 11.5. The van der Waals surface area contributed by atoms with Crippen molar-refractivity contribution in [3.63, 3.8) is 0 Å². The van der Waals surface area contributed by atoms with E-state index in [0.29, 0.717) is 44.8 Å². The molecule has 3 rings (SSSR count). The number of ether oxygens (including phenoxy) is 1. The van der Waals surface area contributed by atoms with Crippen LogP contribution in [0, 0.1) is 11.8 Å². The lowest BCUT2D eigenvalue weighted by Gasteiger charge is -2.39. The molecule has 0 radical (unpaired) electrons. The maximum absolute atomic E-state index is 13.5. The van der Waals surface area contributed by atoms with Gasteiger partial charge in [0.2, 0.25) is 15.9 Å². The first-order chi connectivity index (χ1) is 18.0. The zero-order valence-electron chi connectivity index (χ0n) is 23.3. The highest BCUT2D eigenvalue weighted by Gasteiger charge is 2.45. The standard InChI is InChI=1S/C27H40F3N3O5S/c1-6-18(2)23(17-31-25(35)38-26(3,4)5)24(34)32-14-12-21(13-15-32)33(20-10-11-20)39(36,37)22-9-7-8-19(16-22)27(28,29)30/h7-9,16,18,20-21,23H,6,10-15,17H2,1-5H3,(H,31,35). The van der Waals surface area contributed by atoms with E-state index in [9.17, 15) is 31.2 Å². The van der Waals surface area contributed by atoms with E-state index in [2.05, 4.69) is 5.32 Å². The summed E-state index contributed by atoms with van der Waals surface area (Å²) in [6, 6.07) is 3.20. The summed E-state index contributed by atoms with van der Waals surface area (Å²) in [5.74, 6) is -0.584. The van der Waals surface area contributed by atoms with Gasteiger partial charge in [0.1, 0.15) is 5.60 Å². The monoisotopic (exact) mass is 575 g/mol. The van der Waals surface area contributed by atoms with E-state index < -0.39 is 45.4 Å². The summed E-state index contributed by atoms with van der Waals surface area (Å²) in [6.45, 7) is 9.96. The van der Waals surface area contributed by atoms with Crippen LogP contribution in [0.2, 0.25) is 0 Å². The first kappa shape index (κ1) is 31.2. The van der Waals surface area contributed by atoms with Crippen molar-refractivity contribution < 1.29 is 35.9 Å². The number of piperidine rings is 1. The Morgan fingerprint density at radius 2 is 1.69 bits per heavy atom. The maximum Gasteiger partial charge on any atom is 0.416 e. The third-order valence-electron chi connectivity index (χ3n) is 7.29. The minimum Gasteiger partial charge on any atom is -0.444 e. The lowest BCUT2D eigenvalue weighted by molar-refractivity contribution is -0.139. The molecular weight excluding hydrogens is 535 g/mol. The Hall–Kier alpha value is -2.34. The Labute approximate surface area is 229 Å². The third kappa shape index (κ3) is 8.09. The third-order valence-corrected chi connectivity index (χ3v) is 9.29. The normalized spacial score (nSPS) is 19.1. The number of benzene rings is 1. The summed E-state index contributed by atoms with van der Waals surface area (Å²) >= 11 is 0. The molecule has 8 nitrogen and oxygen atoms in total. The molecule has 1 N–H and O–H groups in total. The molecule has 1 aromatic rings. The van der Waals surface area contributed by atoms with Crippen molar-refractivity contribution in [2.45, 2.75) is 95.5 Å². The zero-order valence-corrected chi connectivity index (χ0v) is 24.1. The second kappa shape index (κ2) is 12.0. The van der Waals surface area contributed by atoms with Crippen molar-refractivity contribution in [1.82, 2.24) is 14.5 Å². The van der Waals surface area contributed by atoms with E-state index in [1.807, 2.05) is 13.8 Å². The second-order valence-corrected chi connectivity index (χ2v) is 13.4. The lowest BCUT2D eigenvalue weighted by atomic mass is 9.89. The molecule has 0 aromatic heterocycles. The minimum atomic E-state index is -4.65. The topological polar surface area (TPSA) is 96.0 Å². The molecule has 2 amide bonds. The van der Waals surface area contributed by atoms with E-state index >= 15 is 0 Å². The number of alkyl carbamates (subject to hydrolysis) is 1. The molecule has 0 bridgehead atoms. The van der Waals surface area contributed by atoms with E-state index in [0.717, 1.165) is 18.6 Å². The fraction of sp³-hybridized carbons (Fsp3) is 0.704. The molecule has 2 unspecified atom stereocenters. The van der Waals surface area contributed by atoms with Crippen LogP contribution in [0.4, 0.5) is 18.0 Å². The summed E-state index contributed by atoms with van der Waals surface area (Å²) in [4.78, 5) is 27.0. The van der Waals surface area contributed by atoms with Gasteiger partial charge in [0.15, 0.2) is 0 Å². The Balaban J connectivity index is 1.70. The number of hydrogen-bond acceptors (Lipinski definition) is 5. The molecule has 1 aliphatic carbocycles. The summed E-state index contributed by atoms with van der Waals surface area (Å²) in [7, 11) is -4.16.